The van der Waals surface area contributed by atoms with Gasteiger partial charge in [-0.25, -0.2) is 29.5 Å². The first-order chi connectivity index (χ1) is 15.8. The summed E-state index contributed by atoms with van der Waals surface area (Å²) in [4.78, 5) is 34.2. The Kier molecular flexibility index (Phi) is 6.60. The molecular formula is C19H13ClF4N6O4. The molecular weight excluding hydrogens is 488 g/mol. The number of hydrogen-bond acceptors (Lipinski definition) is 7. The molecule has 3 heterocycles. The Hall–Kier alpha value is -3.99. The number of anilines is 1. The second kappa shape index (κ2) is 9.10. The minimum atomic E-state index is -4.89. The summed E-state index contributed by atoms with van der Waals surface area (Å²) in [7, 11) is 0. The molecule has 0 spiro atoms. The third kappa shape index (κ3) is 5.31. The molecule has 0 fully saturated rings. The average molecular weight is 501 g/mol. The molecule has 0 saturated carbocycles. The van der Waals surface area contributed by atoms with Gasteiger partial charge in [-0.15, -0.1) is 0 Å². The fraction of sp³-hybridized carbons (Fsp3) is 0.263. The Labute approximate surface area is 193 Å². The summed E-state index contributed by atoms with van der Waals surface area (Å²) in [6.07, 6.45) is -6.47. The number of hydrogen-bond donors (Lipinski definition) is 3. The predicted molar refractivity (Wildman–Crippen MR) is 108 cm³/mol. The average Bonchev–Trinajstić information content (AvgIpc) is 2.73. The number of ether oxygens (including phenoxy) is 1. The maximum Gasteiger partial charge on any atom is 0.412 e. The molecule has 2 aromatic heterocycles. The lowest BCUT2D eigenvalue weighted by Gasteiger charge is -2.37. The quantitative estimate of drug-likeness (QED) is 0.545. The van der Waals surface area contributed by atoms with Crippen LogP contribution in [0.5, 0.6) is 0 Å². The molecule has 0 saturated heterocycles. The summed E-state index contributed by atoms with van der Waals surface area (Å²) < 4.78 is 60.1. The molecule has 3 N–H and O–H groups in total. The third-order valence-corrected chi connectivity index (χ3v) is 4.83. The zero-order valence-electron chi connectivity index (χ0n) is 16.9. The fourth-order valence-corrected chi connectivity index (χ4v) is 3.30. The molecule has 10 nitrogen and oxygen atoms in total. The van der Waals surface area contributed by atoms with Crippen molar-refractivity contribution >= 4 is 35.4 Å². The van der Waals surface area contributed by atoms with Gasteiger partial charge in [0.1, 0.15) is 29.1 Å². The first-order valence-corrected chi connectivity index (χ1v) is 9.57. The fourth-order valence-electron chi connectivity index (χ4n) is 3.05. The highest BCUT2D eigenvalue weighted by Crippen LogP contribution is 2.40. The first kappa shape index (κ1) is 24.6. The molecule has 0 bridgehead atoms. The van der Waals surface area contributed by atoms with E-state index in [1.54, 1.807) is 11.4 Å². The molecule has 0 aromatic carbocycles. The van der Waals surface area contributed by atoms with Crippen LogP contribution < -0.4 is 10.6 Å². The Balaban J connectivity index is 1.94. The van der Waals surface area contributed by atoms with Crippen molar-refractivity contribution in [3.05, 3.63) is 52.2 Å². The highest BCUT2D eigenvalue weighted by molar-refractivity contribution is 6.34. The summed E-state index contributed by atoms with van der Waals surface area (Å²) >= 11 is 5.94. The Morgan fingerprint density at radius 1 is 1.35 bits per heavy atom. The van der Waals surface area contributed by atoms with Gasteiger partial charge in [0.05, 0.1) is 10.6 Å². The zero-order valence-corrected chi connectivity index (χ0v) is 17.7. The number of nitriles is 1. The molecule has 1 aliphatic rings. The minimum absolute atomic E-state index is 0.0952. The third-order valence-electron chi connectivity index (χ3n) is 4.54. The van der Waals surface area contributed by atoms with Crippen molar-refractivity contribution in [3.8, 4) is 6.07 Å². The number of amides is 2. The molecule has 2 atom stereocenters. The smallest absolute Gasteiger partial charge is 0.412 e. The largest absolute Gasteiger partial charge is 0.465 e. The second-order valence-corrected chi connectivity index (χ2v) is 7.51. The number of nitrogens with one attached hydrogen (secondary N) is 2. The van der Waals surface area contributed by atoms with Crippen LogP contribution in [0.3, 0.4) is 0 Å². The number of carboxylic acid groups (broad SMARTS) is 1. The van der Waals surface area contributed by atoms with Gasteiger partial charge in [0.15, 0.2) is 11.6 Å². The van der Waals surface area contributed by atoms with Gasteiger partial charge < -0.3 is 15.2 Å². The lowest BCUT2D eigenvalue weighted by Crippen LogP contribution is -2.48. The lowest BCUT2D eigenvalue weighted by molar-refractivity contribution is -0.164. The number of alkyl halides is 3. The zero-order chi connectivity index (χ0) is 25.3. The number of amidine groups is 1. The topological polar surface area (TPSA) is 150 Å². The van der Waals surface area contributed by atoms with E-state index in [-0.39, 0.29) is 22.1 Å². The van der Waals surface area contributed by atoms with E-state index in [0.29, 0.717) is 0 Å². The Morgan fingerprint density at radius 2 is 2.06 bits per heavy atom. The van der Waals surface area contributed by atoms with E-state index in [0.717, 1.165) is 25.3 Å². The van der Waals surface area contributed by atoms with Gasteiger partial charge >= 0.3 is 12.3 Å². The van der Waals surface area contributed by atoms with Crippen molar-refractivity contribution in [2.75, 3.05) is 5.32 Å². The monoisotopic (exact) mass is 500 g/mol. The van der Waals surface area contributed by atoms with Crippen LogP contribution in [0.4, 0.5) is 28.2 Å². The Morgan fingerprint density at radius 3 is 2.65 bits per heavy atom. The molecule has 1 aliphatic heterocycles. The number of carbonyl (C=O) groups is 2. The molecule has 34 heavy (non-hydrogen) atoms. The maximum atomic E-state index is 14.6. The van der Waals surface area contributed by atoms with Gasteiger partial charge in [0, 0.05) is 12.6 Å². The van der Waals surface area contributed by atoms with Crippen molar-refractivity contribution in [3.63, 3.8) is 0 Å². The van der Waals surface area contributed by atoms with E-state index >= 15 is 0 Å². The van der Waals surface area contributed by atoms with Crippen LogP contribution in [0.1, 0.15) is 35.1 Å². The SMILES string of the molecule is C[C@@]1(c2nc(NC(=O)c3ncc(C#N)cc3Cl)ccc2F)C[C@@H](C(F)(F)F)N=C(NC(=O)O)O1. The van der Waals surface area contributed by atoms with E-state index < -0.39 is 53.8 Å². The molecule has 2 amide bonds. The molecule has 0 radical (unpaired) electrons. The maximum absolute atomic E-state index is 14.6. The van der Waals surface area contributed by atoms with Crippen molar-refractivity contribution < 1.29 is 37.0 Å². The van der Waals surface area contributed by atoms with Crippen LogP contribution in [-0.2, 0) is 10.3 Å². The van der Waals surface area contributed by atoms with Gasteiger partial charge in [-0.2, -0.15) is 18.4 Å². The number of aromatic nitrogens is 2. The standard InChI is InChI=1S/C19H13ClF4N6O4/c1-18(5-11(19(22,23)24)27-16(34-18)30-17(32)33)14-10(21)2-3-12(28-14)29-15(31)13-9(20)4-8(6-25)7-26-13/h2-4,7,11H,5H2,1H3,(H,27,30)(H,32,33)(H,28,29,31)/t11-,18-/m0/s1. The van der Waals surface area contributed by atoms with Gasteiger partial charge in [-0.05, 0) is 25.1 Å². The van der Waals surface area contributed by atoms with E-state index in [1.807, 2.05) is 0 Å². The normalized spacial score (nSPS) is 19.9. The van der Waals surface area contributed by atoms with Gasteiger partial charge in [-0.1, -0.05) is 11.6 Å². The summed E-state index contributed by atoms with van der Waals surface area (Å²) in [6.45, 7) is 1.07. The number of halogens is 5. The molecule has 2 aromatic rings. The second-order valence-electron chi connectivity index (χ2n) is 7.11. The molecule has 0 aliphatic carbocycles. The number of nitrogens with zero attached hydrogens (tertiary/aromatic N) is 4. The molecule has 15 heteroatoms. The summed E-state index contributed by atoms with van der Waals surface area (Å²) in [5.41, 5.74) is -2.95. The molecule has 0 unspecified atom stereocenters. The van der Waals surface area contributed by atoms with Gasteiger partial charge in [0.2, 0.25) is 0 Å². The first-order valence-electron chi connectivity index (χ1n) is 9.20. The van der Waals surface area contributed by atoms with Crippen molar-refractivity contribution in [1.29, 1.82) is 5.26 Å². The number of rotatable bonds is 3. The van der Waals surface area contributed by atoms with Crippen LogP contribution >= 0.6 is 11.6 Å². The summed E-state index contributed by atoms with van der Waals surface area (Å²) in [5, 5.41) is 21.4. The summed E-state index contributed by atoms with van der Waals surface area (Å²) in [6, 6.07) is 1.43. The summed E-state index contributed by atoms with van der Waals surface area (Å²) in [5.74, 6) is -2.25. The number of aliphatic imine (C=N–C) groups is 1. The van der Waals surface area contributed by atoms with E-state index in [4.69, 9.17) is 26.7 Å². The number of carbonyl (C=O) groups excluding carboxylic acids is 1. The van der Waals surface area contributed by atoms with Crippen LogP contribution in [0, 0.1) is 17.1 Å². The highest BCUT2D eigenvalue weighted by Gasteiger charge is 2.50. The van der Waals surface area contributed by atoms with Crippen molar-refractivity contribution in [1.82, 2.24) is 15.3 Å². The lowest BCUT2D eigenvalue weighted by atomic mass is 9.91. The van der Waals surface area contributed by atoms with Crippen molar-refractivity contribution in [2.24, 2.45) is 4.99 Å². The Bertz CT molecular complexity index is 1230. The van der Waals surface area contributed by atoms with Gasteiger partial charge in [0.25, 0.3) is 11.9 Å². The van der Waals surface area contributed by atoms with Gasteiger partial charge in [-0.3, -0.25) is 4.79 Å². The predicted octanol–water partition coefficient (Wildman–Crippen LogP) is 3.58. The highest BCUT2D eigenvalue weighted by atomic mass is 35.5. The van der Waals surface area contributed by atoms with E-state index in [2.05, 4.69) is 20.3 Å². The molecule has 3 rings (SSSR count). The van der Waals surface area contributed by atoms with Crippen molar-refractivity contribution in [2.45, 2.75) is 31.2 Å². The van der Waals surface area contributed by atoms with Crippen LogP contribution in [0.25, 0.3) is 0 Å². The number of pyridine rings is 2. The minimum Gasteiger partial charge on any atom is -0.465 e. The van der Waals surface area contributed by atoms with Crippen LogP contribution in [0.2, 0.25) is 5.02 Å². The van der Waals surface area contributed by atoms with E-state index in [9.17, 15) is 27.2 Å². The van der Waals surface area contributed by atoms with Crippen LogP contribution in [-0.4, -0.2) is 45.3 Å². The van der Waals surface area contributed by atoms with Crippen LogP contribution in [0.15, 0.2) is 29.4 Å². The molecule has 178 valence electrons. The van der Waals surface area contributed by atoms with E-state index in [1.165, 1.54) is 6.07 Å².